The molecule has 4 rings (SSSR count). The van der Waals surface area contributed by atoms with Gasteiger partial charge in [-0.25, -0.2) is 0 Å². The van der Waals surface area contributed by atoms with E-state index in [-0.39, 0.29) is 5.91 Å². The molecular formula is C18H19N3OS2. The molecule has 4 nitrogen and oxygen atoms in total. The minimum atomic E-state index is -0.00474. The summed E-state index contributed by atoms with van der Waals surface area (Å²) in [7, 11) is 0. The second-order valence-corrected chi connectivity index (χ2v) is 8.45. The number of rotatable bonds is 4. The lowest BCUT2D eigenvalue weighted by atomic mass is 10.1. The number of nitriles is 1. The van der Waals surface area contributed by atoms with E-state index in [4.69, 9.17) is 0 Å². The third-order valence-corrected chi connectivity index (χ3v) is 7.05. The average Bonchev–Trinajstić information content (AvgIpc) is 3.31. The SMILES string of the molecule is N#Cc1c(NC(=O)CN2CCC[C@H]2c2cccs2)sc2c1CCC2. The van der Waals surface area contributed by atoms with Crippen LogP contribution in [0.3, 0.4) is 0 Å². The van der Waals surface area contributed by atoms with Crippen molar-refractivity contribution < 1.29 is 4.79 Å². The second-order valence-electron chi connectivity index (χ2n) is 6.37. The van der Waals surface area contributed by atoms with Gasteiger partial charge in [0.15, 0.2) is 0 Å². The third-order valence-electron chi connectivity index (χ3n) is 4.87. The van der Waals surface area contributed by atoms with Gasteiger partial charge in [0.05, 0.1) is 12.1 Å². The lowest BCUT2D eigenvalue weighted by Gasteiger charge is -2.22. The Morgan fingerprint density at radius 2 is 2.33 bits per heavy atom. The van der Waals surface area contributed by atoms with Gasteiger partial charge in [-0.3, -0.25) is 9.69 Å². The van der Waals surface area contributed by atoms with Crippen molar-refractivity contribution in [1.29, 1.82) is 5.26 Å². The fourth-order valence-electron chi connectivity index (χ4n) is 3.78. The molecule has 0 saturated carbocycles. The van der Waals surface area contributed by atoms with Crippen molar-refractivity contribution >= 4 is 33.6 Å². The van der Waals surface area contributed by atoms with Crippen LogP contribution in [0.5, 0.6) is 0 Å². The molecule has 1 fully saturated rings. The molecule has 1 saturated heterocycles. The van der Waals surface area contributed by atoms with Gasteiger partial charge in [0.2, 0.25) is 5.91 Å². The summed E-state index contributed by atoms with van der Waals surface area (Å²) in [4.78, 5) is 17.4. The van der Waals surface area contributed by atoms with Crippen LogP contribution in [0.25, 0.3) is 0 Å². The third kappa shape index (κ3) is 2.88. The molecule has 124 valence electrons. The van der Waals surface area contributed by atoms with Crippen molar-refractivity contribution in [1.82, 2.24) is 4.90 Å². The van der Waals surface area contributed by atoms with E-state index in [1.54, 1.807) is 22.7 Å². The molecule has 1 amide bonds. The van der Waals surface area contributed by atoms with Gasteiger partial charge in [-0.2, -0.15) is 5.26 Å². The number of likely N-dealkylation sites (tertiary alicyclic amines) is 1. The van der Waals surface area contributed by atoms with Crippen LogP contribution in [-0.4, -0.2) is 23.9 Å². The number of nitrogens with zero attached hydrogens (tertiary/aromatic N) is 2. The molecule has 3 heterocycles. The first-order valence-electron chi connectivity index (χ1n) is 8.38. The smallest absolute Gasteiger partial charge is 0.239 e. The van der Waals surface area contributed by atoms with Gasteiger partial charge in [0, 0.05) is 15.8 Å². The largest absolute Gasteiger partial charge is 0.315 e. The zero-order chi connectivity index (χ0) is 16.5. The van der Waals surface area contributed by atoms with Gasteiger partial charge in [-0.15, -0.1) is 22.7 Å². The van der Waals surface area contributed by atoms with Crippen LogP contribution < -0.4 is 5.32 Å². The van der Waals surface area contributed by atoms with E-state index in [9.17, 15) is 10.1 Å². The predicted molar refractivity (Wildman–Crippen MR) is 97.6 cm³/mol. The number of anilines is 1. The molecule has 0 spiro atoms. The minimum Gasteiger partial charge on any atom is -0.315 e. The Morgan fingerprint density at radius 3 is 3.12 bits per heavy atom. The molecular weight excluding hydrogens is 338 g/mol. The van der Waals surface area contributed by atoms with Gasteiger partial charge in [0.25, 0.3) is 0 Å². The molecule has 2 aromatic rings. The number of hydrogen-bond acceptors (Lipinski definition) is 5. The molecule has 0 aromatic carbocycles. The molecule has 24 heavy (non-hydrogen) atoms. The minimum absolute atomic E-state index is 0.00474. The van der Waals surface area contributed by atoms with E-state index in [1.165, 1.54) is 9.75 Å². The van der Waals surface area contributed by atoms with E-state index in [0.29, 0.717) is 18.2 Å². The molecule has 1 aliphatic heterocycles. The Labute approximate surface area is 149 Å². The number of amides is 1. The summed E-state index contributed by atoms with van der Waals surface area (Å²) in [6.45, 7) is 1.36. The molecule has 1 N–H and O–H groups in total. The van der Waals surface area contributed by atoms with Gasteiger partial charge in [-0.1, -0.05) is 6.07 Å². The summed E-state index contributed by atoms with van der Waals surface area (Å²) in [5.74, 6) is -0.00474. The van der Waals surface area contributed by atoms with Crippen molar-refractivity contribution in [2.45, 2.75) is 38.1 Å². The first kappa shape index (κ1) is 15.8. The molecule has 2 aliphatic rings. The topological polar surface area (TPSA) is 56.1 Å². The number of nitrogens with one attached hydrogen (secondary N) is 1. The summed E-state index contributed by atoms with van der Waals surface area (Å²) in [5, 5.41) is 15.3. The highest BCUT2D eigenvalue weighted by atomic mass is 32.1. The van der Waals surface area contributed by atoms with E-state index in [2.05, 4.69) is 33.8 Å². The Bertz CT molecular complexity index is 788. The lowest BCUT2D eigenvalue weighted by Crippen LogP contribution is -2.32. The zero-order valence-electron chi connectivity index (χ0n) is 13.4. The second kappa shape index (κ2) is 6.67. The maximum absolute atomic E-state index is 12.5. The quantitative estimate of drug-likeness (QED) is 0.901. The molecule has 2 aromatic heterocycles. The van der Waals surface area contributed by atoms with Gasteiger partial charge in [0.1, 0.15) is 11.1 Å². The van der Waals surface area contributed by atoms with Crippen LogP contribution in [0.1, 0.15) is 46.2 Å². The summed E-state index contributed by atoms with van der Waals surface area (Å²) in [6.07, 6.45) is 5.38. The standard InChI is InChI=1S/C18H19N3OS2/c19-10-13-12-4-1-6-15(12)24-18(13)20-17(22)11-21-8-2-5-14(21)16-7-3-9-23-16/h3,7,9,14H,1-2,4-6,8,11H2,(H,20,22)/t14-/m0/s1. The number of carbonyl (C=O) groups is 1. The maximum Gasteiger partial charge on any atom is 0.239 e. The number of fused-ring (bicyclic) bond motifs is 1. The molecule has 0 bridgehead atoms. The van der Waals surface area contributed by atoms with Crippen molar-refractivity contribution in [3.8, 4) is 6.07 Å². The summed E-state index contributed by atoms with van der Waals surface area (Å²) in [5.41, 5.74) is 1.85. The first-order valence-corrected chi connectivity index (χ1v) is 10.1. The van der Waals surface area contributed by atoms with Crippen LogP contribution in [0, 0.1) is 11.3 Å². The van der Waals surface area contributed by atoms with Crippen LogP contribution in [0.2, 0.25) is 0 Å². The molecule has 0 unspecified atom stereocenters. The van der Waals surface area contributed by atoms with Crippen molar-refractivity contribution in [2.75, 3.05) is 18.4 Å². The summed E-state index contributed by atoms with van der Waals surface area (Å²) in [6, 6.07) is 6.88. The number of thiophene rings is 2. The molecule has 6 heteroatoms. The van der Waals surface area contributed by atoms with E-state index in [0.717, 1.165) is 49.2 Å². The van der Waals surface area contributed by atoms with Gasteiger partial charge in [-0.05, 0) is 55.7 Å². The first-order chi connectivity index (χ1) is 11.8. The van der Waals surface area contributed by atoms with Crippen LogP contribution in [-0.2, 0) is 17.6 Å². The highest BCUT2D eigenvalue weighted by Gasteiger charge is 2.29. The molecule has 0 radical (unpaired) electrons. The summed E-state index contributed by atoms with van der Waals surface area (Å²) >= 11 is 3.35. The van der Waals surface area contributed by atoms with Crippen molar-refractivity contribution in [2.24, 2.45) is 0 Å². The Balaban J connectivity index is 1.45. The van der Waals surface area contributed by atoms with Crippen molar-refractivity contribution in [3.63, 3.8) is 0 Å². The molecule has 1 atom stereocenters. The highest BCUT2D eigenvalue weighted by Crippen LogP contribution is 2.39. The summed E-state index contributed by atoms with van der Waals surface area (Å²) < 4.78 is 0. The average molecular weight is 358 g/mol. The fourth-order valence-corrected chi connectivity index (χ4v) is 5.93. The van der Waals surface area contributed by atoms with Crippen LogP contribution >= 0.6 is 22.7 Å². The number of aryl methyl sites for hydroxylation is 1. The van der Waals surface area contributed by atoms with Crippen molar-refractivity contribution in [3.05, 3.63) is 38.4 Å². The van der Waals surface area contributed by atoms with Crippen LogP contribution in [0.15, 0.2) is 17.5 Å². The number of hydrogen-bond donors (Lipinski definition) is 1. The maximum atomic E-state index is 12.5. The van der Waals surface area contributed by atoms with E-state index in [1.807, 2.05) is 0 Å². The Hall–Kier alpha value is -1.68. The van der Waals surface area contributed by atoms with Gasteiger partial charge >= 0.3 is 0 Å². The lowest BCUT2D eigenvalue weighted by molar-refractivity contribution is -0.117. The van der Waals surface area contributed by atoms with E-state index < -0.39 is 0 Å². The normalized spacial score (nSPS) is 20.0. The predicted octanol–water partition coefficient (Wildman–Crippen LogP) is 3.95. The Morgan fingerprint density at radius 1 is 1.42 bits per heavy atom. The van der Waals surface area contributed by atoms with Gasteiger partial charge < -0.3 is 5.32 Å². The van der Waals surface area contributed by atoms with Crippen LogP contribution in [0.4, 0.5) is 5.00 Å². The molecule has 1 aliphatic carbocycles. The Kier molecular flexibility index (Phi) is 4.40. The zero-order valence-corrected chi connectivity index (χ0v) is 15.0. The highest BCUT2D eigenvalue weighted by molar-refractivity contribution is 7.16. The monoisotopic (exact) mass is 357 g/mol. The number of carbonyl (C=O) groups excluding carboxylic acids is 1. The fraction of sp³-hybridized carbons (Fsp3) is 0.444. The van der Waals surface area contributed by atoms with E-state index >= 15 is 0 Å².